The number of carbonyl (C=O) groups excluding carboxylic acids is 1. The average Bonchev–Trinajstić information content (AvgIpc) is 2.64. The molecule has 0 aliphatic rings. The van der Waals surface area contributed by atoms with Crippen LogP contribution >= 0.6 is 0 Å². The number of anilines is 1. The molecule has 0 atom stereocenters. The molecule has 6 nitrogen and oxygen atoms in total. The summed E-state index contributed by atoms with van der Waals surface area (Å²) < 4.78 is 1.55. The third kappa shape index (κ3) is 3.26. The molecule has 0 aromatic carbocycles. The number of nitrogen functional groups attached to an aromatic ring is 1. The molecule has 0 radical (unpaired) electrons. The van der Waals surface area contributed by atoms with E-state index in [-0.39, 0.29) is 18.6 Å². The van der Waals surface area contributed by atoms with Crippen LogP contribution in [0.4, 0.5) is 5.69 Å². The minimum atomic E-state index is -0.129. The van der Waals surface area contributed by atoms with Crippen molar-refractivity contribution in [3.05, 3.63) is 11.4 Å². The Kier molecular flexibility index (Phi) is 5.35. The van der Waals surface area contributed by atoms with Crippen LogP contribution in [0.1, 0.15) is 43.4 Å². The molecule has 0 fully saturated rings. The summed E-state index contributed by atoms with van der Waals surface area (Å²) in [5, 5.41) is 13.2. The fourth-order valence-corrected chi connectivity index (χ4v) is 2.08. The number of aryl methyl sites for hydroxylation is 2. The molecule has 1 aromatic heterocycles. The van der Waals surface area contributed by atoms with Crippen LogP contribution in [0.3, 0.4) is 0 Å². The summed E-state index contributed by atoms with van der Waals surface area (Å²) in [5.41, 5.74) is 7.65. The highest BCUT2D eigenvalue weighted by Gasteiger charge is 2.25. The van der Waals surface area contributed by atoms with Gasteiger partial charge >= 0.3 is 0 Å². The predicted molar refractivity (Wildman–Crippen MR) is 74.9 cm³/mol. The van der Waals surface area contributed by atoms with Gasteiger partial charge in [0.15, 0.2) is 0 Å². The highest BCUT2D eigenvalue weighted by molar-refractivity contribution is 5.98. The molecule has 0 saturated carbocycles. The van der Waals surface area contributed by atoms with Crippen molar-refractivity contribution >= 4 is 11.6 Å². The van der Waals surface area contributed by atoms with Crippen LogP contribution in [-0.4, -0.2) is 44.9 Å². The summed E-state index contributed by atoms with van der Waals surface area (Å²) >= 11 is 0. The molecular weight excluding hydrogens is 244 g/mol. The van der Waals surface area contributed by atoms with E-state index in [1.54, 1.807) is 16.6 Å². The topological polar surface area (TPSA) is 84.4 Å². The first-order chi connectivity index (χ1) is 8.93. The molecule has 1 heterocycles. The summed E-state index contributed by atoms with van der Waals surface area (Å²) in [7, 11) is 1.73. The molecular formula is C13H24N4O2. The molecule has 0 saturated heterocycles. The number of aliphatic hydroxyl groups excluding tert-OH is 1. The van der Waals surface area contributed by atoms with Crippen LogP contribution in [-0.2, 0) is 13.5 Å². The van der Waals surface area contributed by atoms with Gasteiger partial charge in [0.05, 0.1) is 11.4 Å². The molecule has 0 unspecified atom stereocenters. The van der Waals surface area contributed by atoms with E-state index < -0.39 is 0 Å². The first kappa shape index (κ1) is 15.5. The molecule has 19 heavy (non-hydrogen) atoms. The Morgan fingerprint density at radius 1 is 1.53 bits per heavy atom. The van der Waals surface area contributed by atoms with Gasteiger partial charge in [-0.3, -0.25) is 9.48 Å². The highest BCUT2D eigenvalue weighted by Crippen LogP contribution is 2.20. The smallest absolute Gasteiger partial charge is 0.274 e. The van der Waals surface area contributed by atoms with E-state index in [0.717, 1.165) is 5.69 Å². The van der Waals surface area contributed by atoms with E-state index in [1.165, 1.54) is 0 Å². The molecule has 1 rings (SSSR count). The van der Waals surface area contributed by atoms with E-state index >= 15 is 0 Å². The predicted octanol–water partition coefficient (Wildman–Crippen LogP) is 0.798. The first-order valence-electron chi connectivity index (χ1n) is 6.67. The minimum absolute atomic E-state index is 0.0541. The quantitative estimate of drug-likeness (QED) is 0.799. The molecule has 0 spiro atoms. The molecule has 1 amide bonds. The lowest BCUT2D eigenvalue weighted by atomic mass is 10.2. The maximum Gasteiger partial charge on any atom is 0.274 e. The van der Waals surface area contributed by atoms with Crippen molar-refractivity contribution in [1.29, 1.82) is 0 Å². The average molecular weight is 268 g/mol. The zero-order valence-electron chi connectivity index (χ0n) is 12.2. The fourth-order valence-electron chi connectivity index (χ4n) is 2.08. The van der Waals surface area contributed by atoms with Gasteiger partial charge in [-0.25, -0.2) is 0 Å². The van der Waals surface area contributed by atoms with E-state index in [4.69, 9.17) is 10.8 Å². The van der Waals surface area contributed by atoms with Crippen LogP contribution in [0.15, 0.2) is 0 Å². The Balaban J connectivity index is 3.06. The second-order valence-corrected chi connectivity index (χ2v) is 4.86. The first-order valence-corrected chi connectivity index (χ1v) is 6.67. The van der Waals surface area contributed by atoms with Gasteiger partial charge in [0.1, 0.15) is 5.69 Å². The summed E-state index contributed by atoms with van der Waals surface area (Å²) in [6, 6.07) is 0.0541. The van der Waals surface area contributed by atoms with Crippen LogP contribution in [0.25, 0.3) is 0 Å². The van der Waals surface area contributed by atoms with Gasteiger partial charge in [-0.05, 0) is 26.7 Å². The molecule has 3 N–H and O–H groups in total. The number of nitrogens with zero attached hydrogens (tertiary/aromatic N) is 3. The van der Waals surface area contributed by atoms with Crippen LogP contribution < -0.4 is 5.73 Å². The van der Waals surface area contributed by atoms with Crippen molar-refractivity contribution in [2.45, 2.75) is 39.7 Å². The van der Waals surface area contributed by atoms with Crippen molar-refractivity contribution in [2.24, 2.45) is 7.05 Å². The number of amides is 1. The van der Waals surface area contributed by atoms with Gasteiger partial charge in [-0.2, -0.15) is 5.10 Å². The number of carbonyl (C=O) groups is 1. The fraction of sp³-hybridized carbons (Fsp3) is 0.692. The second kappa shape index (κ2) is 6.56. The third-order valence-corrected chi connectivity index (χ3v) is 3.14. The van der Waals surface area contributed by atoms with Gasteiger partial charge in [0, 0.05) is 26.2 Å². The molecule has 0 aliphatic heterocycles. The number of hydrogen-bond acceptors (Lipinski definition) is 4. The zero-order chi connectivity index (χ0) is 14.6. The maximum absolute atomic E-state index is 12.6. The summed E-state index contributed by atoms with van der Waals surface area (Å²) in [4.78, 5) is 14.3. The molecule has 0 bridgehead atoms. The normalized spacial score (nSPS) is 11.1. The van der Waals surface area contributed by atoms with E-state index in [1.807, 2.05) is 20.8 Å². The van der Waals surface area contributed by atoms with Crippen molar-refractivity contribution in [1.82, 2.24) is 14.7 Å². The SMILES string of the molecule is CCc1nn(C)c(C(=O)N(CCCO)C(C)C)c1N. The van der Waals surface area contributed by atoms with Crippen LogP contribution in [0, 0.1) is 0 Å². The molecule has 0 aliphatic carbocycles. The van der Waals surface area contributed by atoms with Crippen molar-refractivity contribution in [3.63, 3.8) is 0 Å². The number of rotatable bonds is 6. The lowest BCUT2D eigenvalue weighted by Gasteiger charge is -2.26. The molecule has 108 valence electrons. The lowest BCUT2D eigenvalue weighted by Crippen LogP contribution is -2.39. The standard InChI is InChI=1S/C13H24N4O2/c1-5-10-11(14)12(16(4)15-10)13(19)17(9(2)3)7-6-8-18/h9,18H,5-8,14H2,1-4H3. The Bertz CT molecular complexity index is 440. The van der Waals surface area contributed by atoms with E-state index in [2.05, 4.69) is 5.10 Å². The molecule has 6 heteroatoms. The van der Waals surface area contributed by atoms with Gasteiger partial charge in [-0.15, -0.1) is 0 Å². The monoisotopic (exact) mass is 268 g/mol. The number of hydrogen-bond donors (Lipinski definition) is 2. The Morgan fingerprint density at radius 2 is 2.16 bits per heavy atom. The maximum atomic E-state index is 12.6. The minimum Gasteiger partial charge on any atom is -0.396 e. The van der Waals surface area contributed by atoms with Crippen molar-refractivity contribution < 1.29 is 9.90 Å². The summed E-state index contributed by atoms with van der Waals surface area (Å²) in [5.74, 6) is -0.129. The Labute approximate surface area is 114 Å². The largest absolute Gasteiger partial charge is 0.396 e. The van der Waals surface area contributed by atoms with Gasteiger partial charge < -0.3 is 15.7 Å². The number of nitrogens with two attached hydrogens (primary N) is 1. The van der Waals surface area contributed by atoms with E-state index in [9.17, 15) is 4.79 Å². The lowest BCUT2D eigenvalue weighted by molar-refractivity contribution is 0.0683. The van der Waals surface area contributed by atoms with Crippen molar-refractivity contribution in [2.75, 3.05) is 18.9 Å². The highest BCUT2D eigenvalue weighted by atomic mass is 16.3. The third-order valence-electron chi connectivity index (χ3n) is 3.14. The van der Waals surface area contributed by atoms with Gasteiger partial charge in [-0.1, -0.05) is 6.92 Å². The Hall–Kier alpha value is -1.56. The van der Waals surface area contributed by atoms with Crippen LogP contribution in [0.2, 0.25) is 0 Å². The summed E-state index contributed by atoms with van der Waals surface area (Å²) in [6.07, 6.45) is 1.26. The second-order valence-electron chi connectivity index (χ2n) is 4.86. The van der Waals surface area contributed by atoms with E-state index in [0.29, 0.717) is 30.8 Å². The van der Waals surface area contributed by atoms with Crippen LogP contribution in [0.5, 0.6) is 0 Å². The summed E-state index contributed by atoms with van der Waals surface area (Å²) in [6.45, 7) is 6.43. The zero-order valence-corrected chi connectivity index (χ0v) is 12.2. The molecule has 1 aromatic rings. The van der Waals surface area contributed by atoms with Gasteiger partial charge in [0.2, 0.25) is 0 Å². The Morgan fingerprint density at radius 3 is 2.58 bits per heavy atom. The number of aromatic nitrogens is 2. The van der Waals surface area contributed by atoms with Crippen molar-refractivity contribution in [3.8, 4) is 0 Å². The van der Waals surface area contributed by atoms with Gasteiger partial charge in [0.25, 0.3) is 5.91 Å². The number of aliphatic hydroxyl groups is 1.